The molecule has 1 N–H and O–H groups in total. The zero-order chi connectivity index (χ0) is 16.9. The molecule has 1 unspecified atom stereocenters. The van der Waals surface area contributed by atoms with Crippen molar-refractivity contribution in [1.82, 2.24) is 10.2 Å². The van der Waals surface area contributed by atoms with Gasteiger partial charge >= 0.3 is 0 Å². The third-order valence-corrected chi connectivity index (χ3v) is 5.25. The van der Waals surface area contributed by atoms with Crippen LogP contribution in [0.1, 0.15) is 17.3 Å². The van der Waals surface area contributed by atoms with E-state index in [1.807, 2.05) is 25.1 Å². The first-order valence-corrected chi connectivity index (χ1v) is 8.94. The predicted octanol–water partition coefficient (Wildman–Crippen LogP) is 4.78. The van der Waals surface area contributed by atoms with Crippen LogP contribution in [0.5, 0.6) is 0 Å². The molecule has 0 aliphatic carbocycles. The minimum atomic E-state index is -0.352. The molecule has 0 spiro atoms. The summed E-state index contributed by atoms with van der Waals surface area (Å²) in [7, 11) is 0. The van der Waals surface area contributed by atoms with Crippen LogP contribution in [0.15, 0.2) is 58.9 Å². The quantitative estimate of drug-likeness (QED) is 0.507. The zero-order valence-electron chi connectivity index (χ0n) is 12.8. The molecule has 0 amide bonds. The van der Waals surface area contributed by atoms with Crippen LogP contribution >= 0.6 is 23.1 Å². The Kier molecular flexibility index (Phi) is 5.22. The van der Waals surface area contributed by atoms with E-state index >= 15 is 0 Å². The Balaban J connectivity index is 1.66. The van der Waals surface area contributed by atoms with Crippen molar-refractivity contribution >= 4 is 39.7 Å². The summed E-state index contributed by atoms with van der Waals surface area (Å²) in [5.41, 5.74) is 1.02. The van der Waals surface area contributed by atoms with E-state index in [2.05, 4.69) is 15.5 Å². The average Bonchev–Trinajstić information content (AvgIpc) is 3.04. The Morgan fingerprint density at radius 1 is 1.12 bits per heavy atom. The van der Waals surface area contributed by atoms with Crippen molar-refractivity contribution in [2.24, 2.45) is 0 Å². The van der Waals surface area contributed by atoms with E-state index in [9.17, 15) is 9.18 Å². The number of halogens is 1. The maximum absolute atomic E-state index is 13.6. The Hall–Kier alpha value is -2.25. The SMILES string of the molecule is CC(Sc1nnc(Nc2ccccc2F)s1)C(=O)c1ccccc1. The number of ketones is 1. The molecule has 0 saturated heterocycles. The van der Waals surface area contributed by atoms with Crippen molar-refractivity contribution in [3.63, 3.8) is 0 Å². The normalized spacial score (nSPS) is 11.9. The monoisotopic (exact) mass is 359 g/mol. The van der Waals surface area contributed by atoms with Crippen molar-refractivity contribution in [2.75, 3.05) is 5.32 Å². The number of Topliss-reactive ketones (excluding diaryl/α,β-unsaturated/α-hetero) is 1. The fourth-order valence-corrected chi connectivity index (χ4v) is 4.01. The van der Waals surface area contributed by atoms with Gasteiger partial charge in [-0.2, -0.15) is 0 Å². The van der Waals surface area contributed by atoms with Gasteiger partial charge in [0.15, 0.2) is 10.1 Å². The van der Waals surface area contributed by atoms with E-state index in [1.54, 1.807) is 30.3 Å². The van der Waals surface area contributed by atoms with Crippen LogP contribution in [0.25, 0.3) is 0 Å². The number of carbonyl (C=O) groups excluding carboxylic acids is 1. The molecule has 2 aromatic carbocycles. The number of benzene rings is 2. The van der Waals surface area contributed by atoms with Crippen LogP contribution in [-0.2, 0) is 0 Å². The minimum Gasteiger partial charge on any atom is -0.328 e. The van der Waals surface area contributed by atoms with E-state index in [0.29, 0.717) is 20.7 Å². The highest BCUT2D eigenvalue weighted by Gasteiger charge is 2.18. The lowest BCUT2D eigenvalue weighted by Gasteiger charge is -2.07. The van der Waals surface area contributed by atoms with Gasteiger partial charge in [-0.25, -0.2) is 4.39 Å². The Bertz CT molecular complexity index is 839. The summed E-state index contributed by atoms with van der Waals surface area (Å²) in [6, 6.07) is 15.5. The van der Waals surface area contributed by atoms with E-state index < -0.39 is 0 Å². The highest BCUT2D eigenvalue weighted by Crippen LogP contribution is 2.32. The maximum Gasteiger partial charge on any atom is 0.210 e. The highest BCUT2D eigenvalue weighted by atomic mass is 32.2. The fraction of sp³-hybridized carbons (Fsp3) is 0.118. The van der Waals surface area contributed by atoms with Crippen LogP contribution in [0, 0.1) is 5.82 Å². The van der Waals surface area contributed by atoms with Crippen LogP contribution in [-0.4, -0.2) is 21.2 Å². The van der Waals surface area contributed by atoms with Gasteiger partial charge in [0.1, 0.15) is 5.82 Å². The van der Waals surface area contributed by atoms with Crippen LogP contribution < -0.4 is 5.32 Å². The second-order valence-corrected chi connectivity index (χ2v) is 7.53. The summed E-state index contributed by atoms with van der Waals surface area (Å²) in [6.07, 6.45) is 0. The molecule has 7 heteroatoms. The molecule has 1 aromatic heterocycles. The summed E-state index contributed by atoms with van der Waals surface area (Å²) in [4.78, 5) is 12.4. The second-order valence-electron chi connectivity index (χ2n) is 4.97. The van der Waals surface area contributed by atoms with E-state index in [4.69, 9.17) is 0 Å². The van der Waals surface area contributed by atoms with Crippen molar-refractivity contribution in [3.8, 4) is 0 Å². The molecule has 0 saturated carbocycles. The third-order valence-electron chi connectivity index (χ3n) is 3.23. The van der Waals surface area contributed by atoms with Crippen LogP contribution in [0.2, 0.25) is 0 Å². The van der Waals surface area contributed by atoms with Crippen molar-refractivity contribution in [2.45, 2.75) is 16.5 Å². The lowest BCUT2D eigenvalue weighted by atomic mass is 10.1. The fourth-order valence-electron chi connectivity index (χ4n) is 2.03. The average molecular weight is 359 g/mol. The van der Waals surface area contributed by atoms with Crippen LogP contribution in [0.4, 0.5) is 15.2 Å². The number of hydrogen-bond donors (Lipinski definition) is 1. The molecule has 1 atom stereocenters. The van der Waals surface area contributed by atoms with Gasteiger partial charge in [-0.1, -0.05) is 65.6 Å². The standard InChI is InChI=1S/C17H14FN3OS2/c1-11(15(22)12-7-3-2-4-8-12)23-17-21-20-16(24-17)19-14-10-6-5-9-13(14)18/h2-11H,1H3,(H,19,20). The summed E-state index contributed by atoms with van der Waals surface area (Å²) in [5.74, 6) is -0.311. The lowest BCUT2D eigenvalue weighted by molar-refractivity contribution is 0.0994. The first-order valence-electron chi connectivity index (χ1n) is 7.24. The van der Waals surface area contributed by atoms with E-state index in [-0.39, 0.29) is 16.9 Å². The maximum atomic E-state index is 13.6. The summed E-state index contributed by atoms with van der Waals surface area (Å²) >= 11 is 2.63. The van der Waals surface area contributed by atoms with Gasteiger partial charge in [0.25, 0.3) is 0 Å². The van der Waals surface area contributed by atoms with Crippen molar-refractivity contribution < 1.29 is 9.18 Å². The Morgan fingerprint density at radius 3 is 2.58 bits per heavy atom. The molecule has 24 heavy (non-hydrogen) atoms. The van der Waals surface area contributed by atoms with Crippen molar-refractivity contribution in [1.29, 1.82) is 0 Å². The van der Waals surface area contributed by atoms with Gasteiger partial charge in [0.05, 0.1) is 10.9 Å². The molecule has 0 aliphatic rings. The topological polar surface area (TPSA) is 54.9 Å². The lowest BCUT2D eigenvalue weighted by Crippen LogP contribution is -2.13. The van der Waals surface area contributed by atoms with Gasteiger partial charge in [-0.3, -0.25) is 4.79 Å². The molecule has 0 aliphatic heterocycles. The number of nitrogens with zero attached hydrogens (tertiary/aromatic N) is 2. The first kappa shape index (κ1) is 16.6. The second kappa shape index (κ2) is 7.55. The van der Waals surface area contributed by atoms with Gasteiger partial charge < -0.3 is 5.32 Å². The van der Waals surface area contributed by atoms with Crippen LogP contribution in [0.3, 0.4) is 0 Å². The first-order chi connectivity index (χ1) is 11.6. The van der Waals surface area contributed by atoms with Gasteiger partial charge in [0.2, 0.25) is 5.13 Å². The van der Waals surface area contributed by atoms with Gasteiger partial charge in [-0.05, 0) is 19.1 Å². The molecule has 3 rings (SSSR count). The molecule has 0 radical (unpaired) electrons. The van der Waals surface area contributed by atoms with E-state index in [0.717, 1.165) is 0 Å². The molecular formula is C17H14FN3OS2. The summed E-state index contributed by atoms with van der Waals surface area (Å²) in [5, 5.41) is 11.2. The Labute approximate surface area is 147 Å². The number of hydrogen-bond acceptors (Lipinski definition) is 6. The number of nitrogens with one attached hydrogen (secondary N) is 1. The summed E-state index contributed by atoms with van der Waals surface area (Å²) < 4.78 is 14.3. The van der Waals surface area contributed by atoms with Gasteiger partial charge in [-0.15, -0.1) is 10.2 Å². The van der Waals surface area contributed by atoms with E-state index in [1.165, 1.54) is 29.2 Å². The largest absolute Gasteiger partial charge is 0.328 e. The number of carbonyl (C=O) groups is 1. The molecular weight excluding hydrogens is 345 g/mol. The molecule has 4 nitrogen and oxygen atoms in total. The number of rotatable bonds is 6. The molecule has 3 aromatic rings. The predicted molar refractivity (Wildman–Crippen MR) is 95.7 cm³/mol. The van der Waals surface area contributed by atoms with Gasteiger partial charge in [0, 0.05) is 5.56 Å². The molecule has 0 bridgehead atoms. The van der Waals surface area contributed by atoms with Crippen molar-refractivity contribution in [3.05, 3.63) is 66.0 Å². The number of para-hydroxylation sites is 1. The zero-order valence-corrected chi connectivity index (χ0v) is 14.4. The number of aromatic nitrogens is 2. The number of anilines is 2. The molecule has 1 heterocycles. The minimum absolute atomic E-state index is 0.0411. The Morgan fingerprint density at radius 2 is 1.83 bits per heavy atom. The summed E-state index contributed by atoms with van der Waals surface area (Å²) in [6.45, 7) is 1.84. The molecule has 0 fully saturated rings. The highest BCUT2D eigenvalue weighted by molar-refractivity contribution is 8.02. The third kappa shape index (κ3) is 3.98. The smallest absolute Gasteiger partial charge is 0.210 e. The number of thioether (sulfide) groups is 1. The molecule has 122 valence electrons.